The molecule has 150 valence electrons. The molecule has 1 N–H and O–H groups in total. The number of sulfonamides is 1. The second-order valence-electron chi connectivity index (χ2n) is 6.41. The van der Waals surface area contributed by atoms with Crippen LogP contribution in [0.25, 0.3) is 0 Å². The number of hydrogen-bond donors (Lipinski definition) is 1. The maximum Gasteiger partial charge on any atom is 0.257 e. The van der Waals surface area contributed by atoms with Gasteiger partial charge in [-0.3, -0.25) is 9.69 Å². The van der Waals surface area contributed by atoms with E-state index in [0.717, 1.165) is 12.1 Å². The fraction of sp³-hybridized carbons (Fsp3) is 0.316. The number of rotatable bonds is 6. The molecule has 28 heavy (non-hydrogen) atoms. The minimum atomic E-state index is -3.51. The van der Waals surface area contributed by atoms with Crippen LogP contribution in [-0.2, 0) is 10.0 Å². The predicted molar refractivity (Wildman–Crippen MR) is 100 cm³/mol. The molecule has 1 aliphatic rings. The van der Waals surface area contributed by atoms with Crippen LogP contribution in [0.1, 0.15) is 10.4 Å². The summed E-state index contributed by atoms with van der Waals surface area (Å²) in [5.41, 5.74) is -0.596. The first-order valence-electron chi connectivity index (χ1n) is 8.89. The number of hydrogen-bond acceptors (Lipinski definition) is 4. The van der Waals surface area contributed by atoms with Gasteiger partial charge in [-0.15, -0.1) is 0 Å². The van der Waals surface area contributed by atoms with E-state index in [2.05, 4.69) is 5.32 Å². The summed E-state index contributed by atoms with van der Waals surface area (Å²) < 4.78 is 53.8. The van der Waals surface area contributed by atoms with Crippen molar-refractivity contribution in [2.24, 2.45) is 0 Å². The molecule has 0 unspecified atom stereocenters. The number of halogens is 2. The first-order valence-corrected chi connectivity index (χ1v) is 10.3. The Hall–Kier alpha value is -2.36. The van der Waals surface area contributed by atoms with E-state index in [1.165, 1.54) is 10.4 Å². The quantitative estimate of drug-likeness (QED) is 0.789. The van der Waals surface area contributed by atoms with E-state index >= 15 is 0 Å². The highest BCUT2D eigenvalue weighted by Gasteiger charge is 2.28. The van der Waals surface area contributed by atoms with Crippen LogP contribution in [0.4, 0.5) is 8.78 Å². The zero-order chi connectivity index (χ0) is 20.1. The molecule has 0 aliphatic carbocycles. The summed E-state index contributed by atoms with van der Waals surface area (Å²) in [5, 5.41) is 2.50. The van der Waals surface area contributed by atoms with Gasteiger partial charge in [0.05, 0.1) is 4.90 Å². The minimum absolute atomic E-state index is 0.206. The van der Waals surface area contributed by atoms with Crippen LogP contribution in [0.15, 0.2) is 53.4 Å². The molecule has 1 saturated heterocycles. The first-order chi connectivity index (χ1) is 13.4. The second kappa shape index (κ2) is 8.76. The standard InChI is InChI=1S/C19H21F2N3O3S/c20-16-7-4-8-17(21)18(16)19(25)22-9-10-23-11-13-24(14-12-23)28(26,27)15-5-2-1-3-6-15/h1-8H,9-14H2,(H,22,25). The maximum absolute atomic E-state index is 13.6. The molecule has 0 radical (unpaired) electrons. The van der Waals surface area contributed by atoms with E-state index in [0.29, 0.717) is 32.7 Å². The minimum Gasteiger partial charge on any atom is -0.351 e. The molecular weight excluding hydrogens is 388 g/mol. The Kier molecular flexibility index (Phi) is 6.38. The number of nitrogens with zero attached hydrogens (tertiary/aromatic N) is 2. The molecule has 2 aromatic carbocycles. The highest BCUT2D eigenvalue weighted by Crippen LogP contribution is 2.17. The average molecular weight is 409 g/mol. The van der Waals surface area contributed by atoms with Crippen LogP contribution in [0.3, 0.4) is 0 Å². The lowest BCUT2D eigenvalue weighted by Gasteiger charge is -2.33. The van der Waals surface area contributed by atoms with Gasteiger partial charge in [0.15, 0.2) is 0 Å². The van der Waals surface area contributed by atoms with Gasteiger partial charge in [-0.25, -0.2) is 17.2 Å². The van der Waals surface area contributed by atoms with Crippen molar-refractivity contribution in [1.82, 2.24) is 14.5 Å². The first kappa shape index (κ1) is 20.4. The molecule has 6 nitrogen and oxygen atoms in total. The lowest BCUT2D eigenvalue weighted by atomic mass is 10.2. The number of carbonyl (C=O) groups excluding carboxylic acids is 1. The van der Waals surface area contributed by atoms with Crippen LogP contribution < -0.4 is 5.32 Å². The third kappa shape index (κ3) is 4.54. The molecule has 0 bridgehead atoms. The van der Waals surface area contributed by atoms with E-state index in [-0.39, 0.29) is 11.4 Å². The van der Waals surface area contributed by atoms with Crippen molar-refractivity contribution < 1.29 is 22.0 Å². The summed E-state index contributed by atoms with van der Waals surface area (Å²) in [6.45, 7) is 2.37. The van der Waals surface area contributed by atoms with Gasteiger partial charge in [0.2, 0.25) is 10.0 Å². The zero-order valence-electron chi connectivity index (χ0n) is 15.1. The summed E-state index contributed by atoms with van der Waals surface area (Å²) in [6.07, 6.45) is 0. The van der Waals surface area contributed by atoms with E-state index in [1.807, 2.05) is 4.90 Å². The Balaban J connectivity index is 1.48. The fourth-order valence-electron chi connectivity index (χ4n) is 3.07. The Bertz CT molecular complexity index is 910. The van der Waals surface area contributed by atoms with Gasteiger partial charge in [0, 0.05) is 39.3 Å². The van der Waals surface area contributed by atoms with Gasteiger partial charge >= 0.3 is 0 Å². The largest absolute Gasteiger partial charge is 0.351 e. The Labute approximate surface area is 162 Å². The third-order valence-corrected chi connectivity index (χ3v) is 6.53. The number of benzene rings is 2. The Morgan fingerprint density at radius 2 is 1.54 bits per heavy atom. The van der Waals surface area contributed by atoms with Crippen LogP contribution in [0.5, 0.6) is 0 Å². The van der Waals surface area contributed by atoms with Crippen LogP contribution in [-0.4, -0.2) is 62.8 Å². The zero-order valence-corrected chi connectivity index (χ0v) is 16.0. The van der Waals surface area contributed by atoms with Crippen molar-refractivity contribution in [2.75, 3.05) is 39.3 Å². The lowest BCUT2D eigenvalue weighted by molar-refractivity contribution is 0.0936. The van der Waals surface area contributed by atoms with Gasteiger partial charge in [0.25, 0.3) is 5.91 Å². The van der Waals surface area contributed by atoms with Crippen LogP contribution in [0.2, 0.25) is 0 Å². The van der Waals surface area contributed by atoms with Gasteiger partial charge in [0.1, 0.15) is 17.2 Å². The fourth-order valence-corrected chi connectivity index (χ4v) is 4.51. The summed E-state index contributed by atoms with van der Waals surface area (Å²) in [6, 6.07) is 11.5. The molecule has 3 rings (SSSR count). The molecule has 1 fully saturated rings. The van der Waals surface area contributed by atoms with E-state index in [1.54, 1.807) is 30.3 Å². The molecule has 1 aliphatic heterocycles. The smallest absolute Gasteiger partial charge is 0.257 e. The Morgan fingerprint density at radius 1 is 0.929 bits per heavy atom. The molecule has 2 aromatic rings. The normalized spacial score (nSPS) is 16.1. The summed E-state index contributed by atoms with van der Waals surface area (Å²) >= 11 is 0. The van der Waals surface area contributed by atoms with Crippen LogP contribution >= 0.6 is 0 Å². The molecule has 0 aromatic heterocycles. The maximum atomic E-state index is 13.6. The van der Waals surface area contributed by atoms with Crippen molar-refractivity contribution in [1.29, 1.82) is 0 Å². The number of nitrogens with one attached hydrogen (secondary N) is 1. The molecule has 9 heteroatoms. The number of amides is 1. The van der Waals surface area contributed by atoms with E-state index in [9.17, 15) is 22.0 Å². The van der Waals surface area contributed by atoms with Crippen molar-refractivity contribution >= 4 is 15.9 Å². The summed E-state index contributed by atoms with van der Waals surface area (Å²) in [7, 11) is -3.51. The third-order valence-electron chi connectivity index (χ3n) is 4.62. The van der Waals surface area contributed by atoms with Crippen molar-refractivity contribution in [3.63, 3.8) is 0 Å². The van der Waals surface area contributed by atoms with Crippen molar-refractivity contribution in [3.05, 3.63) is 65.7 Å². The SMILES string of the molecule is O=C(NCCN1CCN(S(=O)(=O)c2ccccc2)CC1)c1c(F)cccc1F. The van der Waals surface area contributed by atoms with Crippen LogP contribution in [0, 0.1) is 11.6 Å². The van der Waals surface area contributed by atoms with Crippen molar-refractivity contribution in [2.45, 2.75) is 4.90 Å². The highest BCUT2D eigenvalue weighted by molar-refractivity contribution is 7.89. The highest BCUT2D eigenvalue weighted by atomic mass is 32.2. The lowest BCUT2D eigenvalue weighted by Crippen LogP contribution is -2.50. The number of carbonyl (C=O) groups is 1. The van der Waals surface area contributed by atoms with Crippen molar-refractivity contribution in [3.8, 4) is 0 Å². The van der Waals surface area contributed by atoms with Gasteiger partial charge in [-0.05, 0) is 24.3 Å². The second-order valence-corrected chi connectivity index (χ2v) is 8.35. The monoisotopic (exact) mass is 409 g/mol. The molecule has 0 spiro atoms. The topological polar surface area (TPSA) is 69.7 Å². The molecular formula is C19H21F2N3O3S. The molecule has 0 saturated carbocycles. The molecule has 1 heterocycles. The average Bonchev–Trinajstić information content (AvgIpc) is 2.69. The number of piperazine rings is 1. The predicted octanol–water partition coefficient (Wildman–Crippen LogP) is 1.70. The summed E-state index contributed by atoms with van der Waals surface area (Å²) in [4.78, 5) is 14.2. The van der Waals surface area contributed by atoms with E-state index < -0.39 is 33.1 Å². The van der Waals surface area contributed by atoms with Gasteiger partial charge in [-0.1, -0.05) is 24.3 Å². The van der Waals surface area contributed by atoms with Gasteiger partial charge < -0.3 is 5.32 Å². The molecule has 0 atom stereocenters. The Morgan fingerprint density at radius 3 is 2.14 bits per heavy atom. The van der Waals surface area contributed by atoms with E-state index in [4.69, 9.17) is 0 Å². The summed E-state index contributed by atoms with van der Waals surface area (Å²) in [5.74, 6) is -2.62. The van der Waals surface area contributed by atoms with Gasteiger partial charge in [-0.2, -0.15) is 4.31 Å². The molecule has 1 amide bonds.